The maximum atomic E-state index is 12.8. The minimum Gasteiger partial charge on any atom is -0.484 e. The summed E-state index contributed by atoms with van der Waals surface area (Å²) in [5, 5.41) is 5.63. The lowest BCUT2D eigenvalue weighted by molar-refractivity contribution is -0.121. The highest BCUT2D eigenvalue weighted by atomic mass is 32.2. The van der Waals surface area contributed by atoms with Gasteiger partial charge < -0.3 is 14.8 Å². The van der Waals surface area contributed by atoms with Gasteiger partial charge in [-0.2, -0.15) is 8.42 Å². The van der Waals surface area contributed by atoms with E-state index in [1.165, 1.54) is 23.5 Å². The van der Waals surface area contributed by atoms with Crippen molar-refractivity contribution >= 4 is 39.0 Å². The number of benzene rings is 1. The summed E-state index contributed by atoms with van der Waals surface area (Å²) in [6.07, 6.45) is 1.09. The van der Waals surface area contributed by atoms with Crippen LogP contribution in [0.3, 0.4) is 0 Å². The summed E-state index contributed by atoms with van der Waals surface area (Å²) in [4.78, 5) is 34.3. The lowest BCUT2D eigenvalue weighted by atomic mass is 10.1. The van der Waals surface area contributed by atoms with Crippen molar-refractivity contribution < 1.29 is 32.0 Å². The number of pyridine rings is 1. The molecule has 0 unspecified atom stereocenters. The second-order valence-corrected chi connectivity index (χ2v) is 10.3. The van der Waals surface area contributed by atoms with Gasteiger partial charge in [0.15, 0.2) is 11.5 Å². The monoisotopic (exact) mass is 546 g/mol. The first kappa shape index (κ1) is 26.5. The SMILES string of the molecule is CCc1csc([C@H](Cc2ccc(NS(=O)(=O)O)cc2)NC(=O)CCC(=O)c2ccc3c(n2)OCCO3)n1. The van der Waals surface area contributed by atoms with E-state index in [4.69, 9.17) is 14.0 Å². The number of ketones is 1. The number of fused-ring (bicyclic) bond motifs is 1. The highest BCUT2D eigenvalue weighted by molar-refractivity contribution is 7.87. The number of aromatic nitrogens is 2. The van der Waals surface area contributed by atoms with E-state index in [0.717, 1.165) is 22.7 Å². The van der Waals surface area contributed by atoms with Gasteiger partial charge in [-0.15, -0.1) is 11.3 Å². The number of amides is 1. The molecule has 37 heavy (non-hydrogen) atoms. The third-order valence-electron chi connectivity index (χ3n) is 5.48. The Bertz CT molecular complexity index is 1370. The van der Waals surface area contributed by atoms with Crippen LogP contribution in [0.5, 0.6) is 11.6 Å². The first-order chi connectivity index (χ1) is 17.7. The summed E-state index contributed by atoms with van der Waals surface area (Å²) < 4.78 is 43.8. The Kier molecular flexibility index (Phi) is 8.36. The molecule has 4 rings (SSSR count). The number of ether oxygens (including phenoxy) is 2. The molecule has 2 aromatic heterocycles. The summed E-state index contributed by atoms with van der Waals surface area (Å²) in [7, 11) is -4.37. The Labute approximate surface area is 218 Å². The summed E-state index contributed by atoms with van der Waals surface area (Å²) in [6.45, 7) is 2.77. The fourth-order valence-corrected chi connectivity index (χ4v) is 5.03. The van der Waals surface area contributed by atoms with E-state index in [-0.39, 0.29) is 41.8 Å². The molecule has 0 spiro atoms. The molecular formula is C24H26N4O7S2. The number of aryl methyl sites for hydroxylation is 1. The Morgan fingerprint density at radius 2 is 1.84 bits per heavy atom. The molecule has 0 bridgehead atoms. The molecular weight excluding hydrogens is 520 g/mol. The quantitative estimate of drug-likeness (QED) is 0.243. The van der Waals surface area contributed by atoms with Crippen LogP contribution >= 0.6 is 11.3 Å². The van der Waals surface area contributed by atoms with Crippen molar-refractivity contribution in [2.75, 3.05) is 17.9 Å². The number of carbonyl (C=O) groups is 2. The molecule has 0 aliphatic carbocycles. The predicted molar refractivity (Wildman–Crippen MR) is 136 cm³/mol. The molecule has 1 amide bonds. The first-order valence-corrected chi connectivity index (χ1v) is 13.9. The predicted octanol–water partition coefficient (Wildman–Crippen LogP) is 3.15. The van der Waals surface area contributed by atoms with Crippen LogP contribution in [0.4, 0.5) is 5.69 Å². The average Bonchev–Trinajstić information content (AvgIpc) is 3.36. The normalized spacial score (nSPS) is 13.6. The van der Waals surface area contributed by atoms with Crippen molar-refractivity contribution in [2.45, 2.75) is 38.6 Å². The third-order valence-corrected chi connectivity index (χ3v) is 6.98. The molecule has 0 saturated carbocycles. The van der Waals surface area contributed by atoms with Crippen molar-refractivity contribution in [3.05, 3.63) is 63.7 Å². The number of hydrogen-bond donors (Lipinski definition) is 3. The van der Waals surface area contributed by atoms with Gasteiger partial charge in [-0.25, -0.2) is 9.97 Å². The zero-order valence-corrected chi connectivity index (χ0v) is 21.6. The Balaban J connectivity index is 1.40. The van der Waals surface area contributed by atoms with Gasteiger partial charge in [0, 0.05) is 18.2 Å². The van der Waals surface area contributed by atoms with Gasteiger partial charge in [0.05, 0.1) is 17.4 Å². The number of nitrogens with zero attached hydrogens (tertiary/aromatic N) is 2. The largest absolute Gasteiger partial charge is 0.484 e. The first-order valence-electron chi connectivity index (χ1n) is 11.6. The number of thiazole rings is 1. The number of rotatable bonds is 11. The van der Waals surface area contributed by atoms with Crippen molar-refractivity contribution in [1.29, 1.82) is 0 Å². The van der Waals surface area contributed by atoms with Crippen molar-refractivity contribution in [3.63, 3.8) is 0 Å². The van der Waals surface area contributed by atoms with Crippen molar-refractivity contribution in [1.82, 2.24) is 15.3 Å². The van der Waals surface area contributed by atoms with Gasteiger partial charge in [0.25, 0.3) is 5.88 Å². The van der Waals surface area contributed by atoms with Crippen LogP contribution in [0.2, 0.25) is 0 Å². The van der Waals surface area contributed by atoms with Gasteiger partial charge in [-0.3, -0.25) is 18.9 Å². The number of Topliss-reactive ketones (excluding diaryl/α,β-unsaturated/α-hetero) is 1. The molecule has 11 nitrogen and oxygen atoms in total. The fourth-order valence-electron chi connectivity index (χ4n) is 3.65. The van der Waals surface area contributed by atoms with E-state index in [0.29, 0.717) is 25.4 Å². The lowest BCUT2D eigenvalue weighted by Gasteiger charge is -2.18. The Morgan fingerprint density at radius 3 is 2.54 bits per heavy atom. The van der Waals surface area contributed by atoms with Crippen LogP contribution in [-0.2, 0) is 27.9 Å². The summed E-state index contributed by atoms with van der Waals surface area (Å²) >= 11 is 1.44. The zero-order chi connectivity index (χ0) is 26.4. The zero-order valence-electron chi connectivity index (χ0n) is 20.0. The fraction of sp³-hybridized carbons (Fsp3) is 0.333. The van der Waals surface area contributed by atoms with Crippen LogP contribution in [0.25, 0.3) is 0 Å². The van der Waals surface area contributed by atoms with E-state index >= 15 is 0 Å². The van der Waals surface area contributed by atoms with Crippen LogP contribution in [0.15, 0.2) is 41.8 Å². The van der Waals surface area contributed by atoms with E-state index in [9.17, 15) is 18.0 Å². The molecule has 0 fully saturated rings. The van der Waals surface area contributed by atoms with Gasteiger partial charge in [0.1, 0.15) is 23.9 Å². The third kappa shape index (κ3) is 7.47. The maximum absolute atomic E-state index is 12.8. The molecule has 0 radical (unpaired) electrons. The summed E-state index contributed by atoms with van der Waals surface area (Å²) in [6, 6.07) is 9.16. The van der Waals surface area contributed by atoms with Crippen LogP contribution in [-0.4, -0.2) is 47.8 Å². The molecule has 0 saturated heterocycles. The van der Waals surface area contributed by atoms with E-state index in [1.807, 2.05) is 17.0 Å². The average molecular weight is 547 g/mol. The molecule has 196 valence electrons. The van der Waals surface area contributed by atoms with E-state index < -0.39 is 16.3 Å². The molecule has 1 aliphatic heterocycles. The number of carbonyl (C=O) groups excluding carboxylic acids is 2. The maximum Gasteiger partial charge on any atom is 0.357 e. The van der Waals surface area contributed by atoms with Gasteiger partial charge in [-0.05, 0) is 42.7 Å². The van der Waals surface area contributed by atoms with E-state index in [2.05, 4.69) is 15.3 Å². The molecule has 3 N–H and O–H groups in total. The topological polar surface area (TPSA) is 157 Å². The summed E-state index contributed by atoms with van der Waals surface area (Å²) in [5.41, 5.74) is 2.14. The number of hydrogen-bond acceptors (Lipinski definition) is 9. The second-order valence-electron chi connectivity index (χ2n) is 8.25. The van der Waals surface area contributed by atoms with Crippen molar-refractivity contribution in [3.8, 4) is 11.6 Å². The molecule has 1 aliphatic rings. The molecule has 1 aromatic carbocycles. The Morgan fingerprint density at radius 1 is 1.08 bits per heavy atom. The molecule has 3 heterocycles. The van der Waals surface area contributed by atoms with Crippen LogP contribution in [0, 0.1) is 0 Å². The highest BCUT2D eigenvalue weighted by Gasteiger charge is 2.21. The van der Waals surface area contributed by atoms with Gasteiger partial charge >= 0.3 is 10.3 Å². The minimum absolute atomic E-state index is 0.0285. The standard InChI is InChI=1S/C24H26N4O7S2/c1-2-16-14-36-24(25-16)19(13-15-3-5-17(6-4-15)28-37(31,32)33)26-22(30)10-8-20(29)18-7-9-21-23(27-18)35-12-11-34-21/h3-7,9,14,19,28H,2,8,10-13H2,1H3,(H,26,30)(H,31,32,33)/t19-/m0/s1. The number of anilines is 1. The molecule has 13 heteroatoms. The minimum atomic E-state index is -4.37. The Hall–Kier alpha value is -3.55. The van der Waals surface area contributed by atoms with Gasteiger partial charge in [0.2, 0.25) is 5.91 Å². The summed E-state index contributed by atoms with van der Waals surface area (Å²) in [5.74, 6) is 0.164. The molecule has 3 aromatic rings. The number of nitrogens with one attached hydrogen (secondary N) is 2. The van der Waals surface area contributed by atoms with Crippen LogP contribution in [0.1, 0.15) is 52.6 Å². The molecule has 1 atom stereocenters. The van der Waals surface area contributed by atoms with Gasteiger partial charge in [-0.1, -0.05) is 19.1 Å². The van der Waals surface area contributed by atoms with Crippen LogP contribution < -0.4 is 19.5 Å². The second kappa shape index (κ2) is 11.7. The smallest absolute Gasteiger partial charge is 0.357 e. The highest BCUT2D eigenvalue weighted by Crippen LogP contribution is 2.28. The van der Waals surface area contributed by atoms with Crippen molar-refractivity contribution in [2.24, 2.45) is 0 Å². The van der Waals surface area contributed by atoms with E-state index in [1.54, 1.807) is 24.3 Å². The lowest BCUT2D eigenvalue weighted by Crippen LogP contribution is -2.30.